The van der Waals surface area contributed by atoms with Crippen molar-refractivity contribution in [3.05, 3.63) is 48.0 Å². The fourth-order valence-electron chi connectivity index (χ4n) is 4.15. The first-order valence-corrected chi connectivity index (χ1v) is 9.06. The highest BCUT2D eigenvalue weighted by molar-refractivity contribution is 5.94. The molecule has 0 radical (unpaired) electrons. The molecule has 0 aromatic carbocycles. The molecular weight excluding hydrogens is 330 g/mol. The Morgan fingerprint density at radius 2 is 1.96 bits per heavy atom. The molecule has 0 unspecified atom stereocenters. The quantitative estimate of drug-likeness (QED) is 0.909. The molecule has 2 aromatic rings. The third-order valence-electron chi connectivity index (χ3n) is 5.95. The summed E-state index contributed by atoms with van der Waals surface area (Å²) in [5.41, 5.74) is 1.42. The average molecular weight is 353 g/mol. The SMILES string of the molecule is Cn1ccc(C(=O)N[C@@H]2CCC23CCN(C(=O)c2ccnnc2)CC3)c1. The molecule has 4 rings (SSSR count). The van der Waals surface area contributed by atoms with Crippen LogP contribution in [0.15, 0.2) is 36.9 Å². The smallest absolute Gasteiger partial charge is 0.255 e. The summed E-state index contributed by atoms with van der Waals surface area (Å²) in [4.78, 5) is 26.9. The Bertz CT molecular complexity index is 808. The van der Waals surface area contributed by atoms with Crippen molar-refractivity contribution >= 4 is 11.8 Å². The molecule has 136 valence electrons. The van der Waals surface area contributed by atoms with Crippen molar-refractivity contribution in [2.45, 2.75) is 31.7 Å². The van der Waals surface area contributed by atoms with Gasteiger partial charge in [-0.05, 0) is 43.2 Å². The third-order valence-corrected chi connectivity index (χ3v) is 5.95. The average Bonchev–Trinajstić information content (AvgIpc) is 3.12. The van der Waals surface area contributed by atoms with Crippen LogP contribution in [0.1, 0.15) is 46.4 Å². The van der Waals surface area contributed by atoms with Gasteiger partial charge in [0.15, 0.2) is 0 Å². The van der Waals surface area contributed by atoms with E-state index >= 15 is 0 Å². The molecule has 2 aliphatic rings. The number of carbonyl (C=O) groups excluding carboxylic acids is 2. The van der Waals surface area contributed by atoms with Crippen LogP contribution in [0.5, 0.6) is 0 Å². The van der Waals surface area contributed by atoms with Crippen LogP contribution in [-0.4, -0.2) is 50.6 Å². The van der Waals surface area contributed by atoms with Gasteiger partial charge in [-0.3, -0.25) is 9.59 Å². The van der Waals surface area contributed by atoms with Gasteiger partial charge in [0.2, 0.25) is 0 Å². The van der Waals surface area contributed by atoms with Crippen LogP contribution in [0, 0.1) is 5.41 Å². The summed E-state index contributed by atoms with van der Waals surface area (Å²) in [6, 6.07) is 3.74. The number of likely N-dealkylation sites (tertiary alicyclic amines) is 1. The Hall–Kier alpha value is -2.70. The summed E-state index contributed by atoms with van der Waals surface area (Å²) >= 11 is 0. The van der Waals surface area contributed by atoms with E-state index in [-0.39, 0.29) is 23.3 Å². The van der Waals surface area contributed by atoms with Gasteiger partial charge in [0.1, 0.15) is 0 Å². The van der Waals surface area contributed by atoms with Gasteiger partial charge in [-0.1, -0.05) is 0 Å². The second-order valence-electron chi connectivity index (χ2n) is 7.42. The van der Waals surface area contributed by atoms with Gasteiger partial charge in [0.05, 0.1) is 23.5 Å². The molecule has 1 saturated heterocycles. The monoisotopic (exact) mass is 353 g/mol. The van der Waals surface area contributed by atoms with Crippen LogP contribution in [0.25, 0.3) is 0 Å². The largest absolute Gasteiger partial charge is 0.356 e. The van der Waals surface area contributed by atoms with Gasteiger partial charge in [0, 0.05) is 38.6 Å². The van der Waals surface area contributed by atoms with E-state index < -0.39 is 0 Å². The zero-order chi connectivity index (χ0) is 18.1. The first kappa shape index (κ1) is 16.8. The van der Waals surface area contributed by atoms with Gasteiger partial charge in [-0.25, -0.2) is 0 Å². The van der Waals surface area contributed by atoms with Crippen molar-refractivity contribution in [3.8, 4) is 0 Å². The summed E-state index contributed by atoms with van der Waals surface area (Å²) < 4.78 is 1.88. The Labute approximate surface area is 152 Å². The molecule has 0 bridgehead atoms. The van der Waals surface area contributed by atoms with Crippen LogP contribution in [0.4, 0.5) is 0 Å². The molecule has 1 aliphatic carbocycles. The van der Waals surface area contributed by atoms with Gasteiger partial charge in [0.25, 0.3) is 11.8 Å². The zero-order valence-electron chi connectivity index (χ0n) is 14.9. The highest BCUT2D eigenvalue weighted by Gasteiger charge is 2.49. The molecule has 1 N–H and O–H groups in total. The number of rotatable bonds is 3. The summed E-state index contributed by atoms with van der Waals surface area (Å²) in [5.74, 6) is 0.00925. The lowest BCUT2D eigenvalue weighted by Gasteiger charge is -2.54. The van der Waals surface area contributed by atoms with Crippen molar-refractivity contribution in [2.24, 2.45) is 12.5 Å². The minimum absolute atomic E-state index is 0.00367. The first-order valence-electron chi connectivity index (χ1n) is 9.06. The van der Waals surface area contributed by atoms with Gasteiger partial charge >= 0.3 is 0 Å². The number of piperidine rings is 1. The predicted octanol–water partition coefficient (Wildman–Crippen LogP) is 1.63. The van der Waals surface area contributed by atoms with Gasteiger partial charge in [-0.15, -0.1) is 0 Å². The van der Waals surface area contributed by atoms with Crippen LogP contribution < -0.4 is 5.32 Å². The molecule has 7 nitrogen and oxygen atoms in total. The third kappa shape index (κ3) is 2.98. The number of amides is 2. The molecule has 7 heteroatoms. The molecule has 2 fully saturated rings. The number of carbonyl (C=O) groups is 2. The van der Waals surface area contributed by atoms with E-state index in [1.165, 1.54) is 6.20 Å². The van der Waals surface area contributed by atoms with Gasteiger partial charge in [-0.2, -0.15) is 10.2 Å². The number of hydrogen-bond donors (Lipinski definition) is 1. The minimum Gasteiger partial charge on any atom is -0.356 e. The summed E-state index contributed by atoms with van der Waals surface area (Å²) in [7, 11) is 1.91. The lowest BCUT2D eigenvalue weighted by molar-refractivity contribution is -0.00233. The molecule has 2 aromatic heterocycles. The van der Waals surface area contributed by atoms with Crippen LogP contribution >= 0.6 is 0 Å². The highest BCUT2D eigenvalue weighted by Crippen LogP contribution is 2.49. The van der Waals surface area contributed by atoms with Crippen molar-refractivity contribution in [1.29, 1.82) is 0 Å². The maximum absolute atomic E-state index is 12.5. The number of hydrogen-bond acceptors (Lipinski definition) is 4. The molecular formula is C19H23N5O2. The Balaban J connectivity index is 1.36. The van der Waals surface area contributed by atoms with E-state index in [1.807, 2.05) is 35.0 Å². The lowest BCUT2D eigenvalue weighted by atomic mass is 9.59. The second kappa shape index (κ2) is 6.55. The van der Waals surface area contributed by atoms with Gasteiger partial charge < -0.3 is 14.8 Å². The van der Waals surface area contributed by atoms with Crippen LogP contribution in [0.3, 0.4) is 0 Å². The Morgan fingerprint density at radius 1 is 1.15 bits per heavy atom. The molecule has 26 heavy (non-hydrogen) atoms. The van der Waals surface area contributed by atoms with Crippen molar-refractivity contribution in [2.75, 3.05) is 13.1 Å². The molecule has 1 spiro atoms. The number of nitrogens with zero attached hydrogens (tertiary/aromatic N) is 4. The van der Waals surface area contributed by atoms with Crippen LogP contribution in [0.2, 0.25) is 0 Å². The second-order valence-corrected chi connectivity index (χ2v) is 7.42. The Morgan fingerprint density at radius 3 is 2.54 bits per heavy atom. The number of aryl methyl sites for hydroxylation is 1. The van der Waals surface area contributed by atoms with E-state index in [1.54, 1.807) is 12.3 Å². The van der Waals surface area contributed by atoms with Crippen molar-refractivity contribution < 1.29 is 9.59 Å². The molecule has 1 saturated carbocycles. The minimum atomic E-state index is -0.00367. The molecule has 1 aliphatic heterocycles. The van der Waals surface area contributed by atoms with E-state index in [0.29, 0.717) is 11.1 Å². The number of aromatic nitrogens is 3. The highest BCUT2D eigenvalue weighted by atomic mass is 16.2. The number of nitrogens with one attached hydrogen (secondary N) is 1. The van der Waals surface area contributed by atoms with E-state index in [2.05, 4.69) is 15.5 Å². The summed E-state index contributed by atoms with van der Waals surface area (Å²) in [6.07, 6.45) is 10.8. The van der Waals surface area contributed by atoms with Crippen molar-refractivity contribution in [1.82, 2.24) is 25.0 Å². The normalized spacial score (nSPS) is 21.3. The maximum Gasteiger partial charge on any atom is 0.255 e. The molecule has 2 amide bonds. The van der Waals surface area contributed by atoms with E-state index in [4.69, 9.17) is 0 Å². The Kier molecular flexibility index (Phi) is 4.22. The topological polar surface area (TPSA) is 80.1 Å². The predicted molar refractivity (Wildman–Crippen MR) is 95.5 cm³/mol. The fraction of sp³-hybridized carbons (Fsp3) is 0.474. The maximum atomic E-state index is 12.5. The summed E-state index contributed by atoms with van der Waals surface area (Å²) in [6.45, 7) is 1.44. The first-order chi connectivity index (χ1) is 12.6. The zero-order valence-corrected chi connectivity index (χ0v) is 14.9. The standard InChI is InChI=1S/C19H23N5O2/c1-23-9-4-15(13-23)17(25)22-16-2-5-19(16)6-10-24(11-7-19)18(26)14-3-8-20-21-12-14/h3-4,8-9,12-13,16H,2,5-7,10-11H2,1H3,(H,22,25)/t16-/m1/s1. The lowest BCUT2D eigenvalue weighted by Crippen LogP contribution is -2.59. The van der Waals surface area contributed by atoms with Crippen LogP contribution in [-0.2, 0) is 7.05 Å². The van der Waals surface area contributed by atoms with E-state index in [9.17, 15) is 9.59 Å². The van der Waals surface area contributed by atoms with E-state index in [0.717, 1.165) is 38.8 Å². The van der Waals surface area contributed by atoms with Crippen molar-refractivity contribution in [3.63, 3.8) is 0 Å². The molecule has 1 atom stereocenters. The molecule has 3 heterocycles. The fourth-order valence-corrected chi connectivity index (χ4v) is 4.15. The summed E-state index contributed by atoms with van der Waals surface area (Å²) in [5, 5.41) is 10.7.